The van der Waals surface area contributed by atoms with Gasteiger partial charge in [0.2, 0.25) is 0 Å². The molecule has 2 atom stereocenters. The summed E-state index contributed by atoms with van der Waals surface area (Å²) in [5, 5.41) is 0. The van der Waals surface area contributed by atoms with Crippen LogP contribution < -0.4 is 0 Å². The van der Waals surface area contributed by atoms with E-state index in [1.807, 2.05) is 0 Å². The topological polar surface area (TPSA) is 18.5 Å². The molecule has 0 aromatic heterocycles. The fourth-order valence-corrected chi connectivity index (χ4v) is 1.12. The van der Waals surface area contributed by atoms with E-state index >= 15 is 0 Å². The molecule has 1 aliphatic heterocycles. The summed E-state index contributed by atoms with van der Waals surface area (Å²) >= 11 is 0. The summed E-state index contributed by atoms with van der Waals surface area (Å²) in [7, 11) is 0. The molecular weight excluding hydrogens is 128 g/mol. The van der Waals surface area contributed by atoms with Crippen LogP contribution in [0.2, 0.25) is 0 Å². The molecule has 0 bridgehead atoms. The van der Waals surface area contributed by atoms with E-state index in [-0.39, 0.29) is 0 Å². The Kier molecular flexibility index (Phi) is 3.16. The molecule has 1 heterocycles. The van der Waals surface area contributed by atoms with Gasteiger partial charge in [0.1, 0.15) is 0 Å². The van der Waals surface area contributed by atoms with Crippen molar-refractivity contribution in [2.24, 2.45) is 5.92 Å². The second-order valence-electron chi connectivity index (χ2n) is 2.92. The highest BCUT2D eigenvalue weighted by Gasteiger charge is 2.24. The lowest BCUT2D eigenvalue weighted by molar-refractivity contribution is 0.0294. The minimum Gasteiger partial charge on any atom is -0.378 e. The molecule has 0 radical (unpaired) electrons. The maximum absolute atomic E-state index is 5.54. The maximum atomic E-state index is 5.54. The summed E-state index contributed by atoms with van der Waals surface area (Å²) < 4.78 is 10.8. The number of ether oxygens (including phenoxy) is 2. The van der Waals surface area contributed by atoms with E-state index in [9.17, 15) is 0 Å². The van der Waals surface area contributed by atoms with Gasteiger partial charge in [-0.3, -0.25) is 0 Å². The second kappa shape index (κ2) is 3.94. The number of hydrogen-bond donors (Lipinski definition) is 0. The first kappa shape index (κ1) is 8.02. The van der Waals surface area contributed by atoms with Crippen molar-refractivity contribution in [2.45, 2.75) is 26.4 Å². The normalized spacial score (nSPS) is 33.0. The van der Waals surface area contributed by atoms with Crippen molar-refractivity contribution in [2.75, 3.05) is 19.8 Å². The Morgan fingerprint density at radius 3 is 2.80 bits per heavy atom. The predicted octanol–water partition coefficient (Wildman–Crippen LogP) is 1.45. The monoisotopic (exact) mass is 144 g/mol. The number of hydrogen-bond acceptors (Lipinski definition) is 2. The van der Waals surface area contributed by atoms with Crippen molar-refractivity contribution >= 4 is 0 Å². The molecule has 1 fully saturated rings. The van der Waals surface area contributed by atoms with Gasteiger partial charge in [-0.15, -0.1) is 0 Å². The lowest BCUT2D eigenvalue weighted by Crippen LogP contribution is -2.20. The zero-order valence-electron chi connectivity index (χ0n) is 6.80. The number of rotatable bonds is 3. The van der Waals surface area contributed by atoms with Gasteiger partial charge < -0.3 is 9.47 Å². The third-order valence-corrected chi connectivity index (χ3v) is 1.83. The van der Waals surface area contributed by atoms with Crippen molar-refractivity contribution in [1.29, 1.82) is 0 Å². The molecule has 1 aliphatic rings. The van der Waals surface area contributed by atoms with E-state index in [2.05, 4.69) is 13.8 Å². The van der Waals surface area contributed by atoms with Crippen molar-refractivity contribution in [1.82, 2.24) is 0 Å². The molecule has 1 unspecified atom stereocenters. The van der Waals surface area contributed by atoms with Gasteiger partial charge in [-0.1, -0.05) is 13.8 Å². The van der Waals surface area contributed by atoms with E-state index in [1.165, 1.54) is 0 Å². The van der Waals surface area contributed by atoms with Crippen LogP contribution in [0.4, 0.5) is 0 Å². The molecule has 0 amide bonds. The summed E-state index contributed by atoms with van der Waals surface area (Å²) in [5.74, 6) is 0.589. The molecule has 2 nitrogen and oxygen atoms in total. The minimum absolute atomic E-state index is 0.361. The molecule has 1 saturated heterocycles. The molecule has 60 valence electrons. The maximum Gasteiger partial charge on any atom is 0.0855 e. The molecule has 0 spiro atoms. The first-order chi connectivity index (χ1) is 4.84. The van der Waals surface area contributed by atoms with Crippen LogP contribution in [-0.4, -0.2) is 25.9 Å². The summed E-state index contributed by atoms with van der Waals surface area (Å²) in [6, 6.07) is 0. The Balaban J connectivity index is 2.14. The molecule has 0 N–H and O–H groups in total. The first-order valence-electron chi connectivity index (χ1n) is 4.04. The lowest BCUT2D eigenvalue weighted by atomic mass is 10.1. The van der Waals surface area contributed by atoms with Gasteiger partial charge in [0.25, 0.3) is 0 Å². The van der Waals surface area contributed by atoms with Crippen LogP contribution in [0, 0.1) is 5.92 Å². The Bertz CT molecular complexity index is 93.3. The van der Waals surface area contributed by atoms with Gasteiger partial charge in [0, 0.05) is 12.5 Å². The molecule has 0 aliphatic carbocycles. The first-order valence-corrected chi connectivity index (χ1v) is 4.04. The van der Waals surface area contributed by atoms with Crippen molar-refractivity contribution in [3.05, 3.63) is 0 Å². The van der Waals surface area contributed by atoms with E-state index < -0.39 is 0 Å². The van der Waals surface area contributed by atoms with E-state index in [4.69, 9.17) is 9.47 Å². The standard InChI is InChI=1S/C8H16O2/c1-3-4-10-8-6-9-5-7(8)2/h7-8H,3-6H2,1-2H3/t7-,8?/m1/s1. The second-order valence-corrected chi connectivity index (χ2v) is 2.92. The van der Waals surface area contributed by atoms with Gasteiger partial charge in [0.05, 0.1) is 19.3 Å². The SMILES string of the molecule is CCCOC1COC[C@H]1C. The van der Waals surface area contributed by atoms with Crippen molar-refractivity contribution in [3.63, 3.8) is 0 Å². The molecule has 10 heavy (non-hydrogen) atoms. The summed E-state index contributed by atoms with van der Waals surface area (Å²) in [6.07, 6.45) is 1.46. The highest BCUT2D eigenvalue weighted by Crippen LogP contribution is 2.15. The van der Waals surface area contributed by atoms with Crippen LogP contribution >= 0.6 is 0 Å². The van der Waals surface area contributed by atoms with Gasteiger partial charge in [-0.05, 0) is 6.42 Å². The summed E-state index contributed by atoms with van der Waals surface area (Å²) in [5.41, 5.74) is 0. The molecule has 1 rings (SSSR count). The largest absolute Gasteiger partial charge is 0.378 e. The Morgan fingerprint density at radius 1 is 1.50 bits per heavy atom. The predicted molar refractivity (Wildman–Crippen MR) is 40.0 cm³/mol. The van der Waals surface area contributed by atoms with E-state index in [0.29, 0.717) is 12.0 Å². The van der Waals surface area contributed by atoms with Crippen molar-refractivity contribution in [3.8, 4) is 0 Å². The molecule has 0 aromatic rings. The highest BCUT2D eigenvalue weighted by atomic mass is 16.5. The van der Waals surface area contributed by atoms with E-state index in [1.54, 1.807) is 0 Å². The lowest BCUT2D eigenvalue weighted by Gasteiger charge is -2.12. The summed E-state index contributed by atoms with van der Waals surface area (Å²) in [4.78, 5) is 0. The average molecular weight is 144 g/mol. The quantitative estimate of drug-likeness (QED) is 0.597. The van der Waals surface area contributed by atoms with Gasteiger partial charge in [-0.25, -0.2) is 0 Å². The van der Waals surface area contributed by atoms with Crippen LogP contribution in [0.1, 0.15) is 20.3 Å². The molecule has 2 heteroatoms. The zero-order valence-corrected chi connectivity index (χ0v) is 6.80. The fourth-order valence-electron chi connectivity index (χ4n) is 1.12. The fraction of sp³-hybridized carbons (Fsp3) is 1.00. The summed E-state index contributed by atoms with van der Waals surface area (Å²) in [6.45, 7) is 6.84. The molecular formula is C8H16O2. The van der Waals surface area contributed by atoms with Crippen molar-refractivity contribution < 1.29 is 9.47 Å². The third-order valence-electron chi connectivity index (χ3n) is 1.83. The van der Waals surface area contributed by atoms with Crippen LogP contribution in [0.5, 0.6) is 0 Å². The van der Waals surface area contributed by atoms with Crippen LogP contribution in [-0.2, 0) is 9.47 Å². The Hall–Kier alpha value is -0.0800. The Morgan fingerprint density at radius 2 is 2.30 bits per heavy atom. The minimum atomic E-state index is 0.361. The average Bonchev–Trinajstić information content (AvgIpc) is 2.31. The van der Waals surface area contributed by atoms with Crippen LogP contribution in [0.25, 0.3) is 0 Å². The van der Waals surface area contributed by atoms with Crippen LogP contribution in [0.15, 0.2) is 0 Å². The smallest absolute Gasteiger partial charge is 0.0855 e. The zero-order chi connectivity index (χ0) is 7.40. The van der Waals surface area contributed by atoms with Gasteiger partial charge in [0.15, 0.2) is 0 Å². The third kappa shape index (κ3) is 1.96. The van der Waals surface area contributed by atoms with Gasteiger partial charge >= 0.3 is 0 Å². The Labute approximate surface area is 62.5 Å². The van der Waals surface area contributed by atoms with Crippen LogP contribution in [0.3, 0.4) is 0 Å². The molecule has 0 saturated carbocycles. The molecule has 0 aromatic carbocycles. The highest BCUT2D eigenvalue weighted by molar-refractivity contribution is 4.71. The van der Waals surface area contributed by atoms with E-state index in [0.717, 1.165) is 26.2 Å². The van der Waals surface area contributed by atoms with Gasteiger partial charge in [-0.2, -0.15) is 0 Å².